The van der Waals surface area contributed by atoms with Gasteiger partial charge >= 0.3 is 0 Å². The van der Waals surface area contributed by atoms with Crippen molar-refractivity contribution < 1.29 is 12.9 Å². The number of hydrogen-bond acceptors (Lipinski definition) is 5. The van der Waals surface area contributed by atoms with E-state index in [1.165, 1.54) is 12.1 Å². The summed E-state index contributed by atoms with van der Waals surface area (Å²) in [5, 5.41) is 3.89. The molecular formula is C16H15N3O3S. The minimum Gasteiger partial charge on any atom is -0.337 e. The van der Waals surface area contributed by atoms with E-state index in [-0.39, 0.29) is 10.8 Å². The van der Waals surface area contributed by atoms with Crippen molar-refractivity contribution in [2.75, 3.05) is 0 Å². The van der Waals surface area contributed by atoms with Crippen LogP contribution in [0.3, 0.4) is 0 Å². The second-order valence-corrected chi connectivity index (χ2v) is 6.69. The van der Waals surface area contributed by atoms with Crippen LogP contribution in [0.15, 0.2) is 70.1 Å². The summed E-state index contributed by atoms with van der Waals surface area (Å²) in [6.07, 6.45) is 0. The molecule has 0 saturated heterocycles. The standard InChI is InChI=1S/C16H15N3O3S/c1-12(19-23(20,21)14-10-6-3-7-11-14)16-17-15(18-22-16)13-8-4-2-5-9-13/h2-12,19H,1H3/t12-/m0/s1. The zero-order chi connectivity index (χ0) is 16.3. The van der Waals surface area contributed by atoms with Gasteiger partial charge in [-0.3, -0.25) is 0 Å². The minimum atomic E-state index is -3.64. The minimum absolute atomic E-state index is 0.189. The Kier molecular flexibility index (Phi) is 4.22. The van der Waals surface area contributed by atoms with E-state index in [9.17, 15) is 8.42 Å². The molecule has 1 N–H and O–H groups in total. The van der Waals surface area contributed by atoms with Gasteiger partial charge in [0.15, 0.2) is 0 Å². The Labute approximate surface area is 134 Å². The molecule has 6 nitrogen and oxygen atoms in total. The Morgan fingerprint density at radius 3 is 2.26 bits per heavy atom. The van der Waals surface area contributed by atoms with Crippen LogP contribution in [-0.4, -0.2) is 18.6 Å². The molecule has 1 atom stereocenters. The van der Waals surface area contributed by atoms with Crippen LogP contribution in [0, 0.1) is 0 Å². The maximum absolute atomic E-state index is 12.3. The van der Waals surface area contributed by atoms with Crippen LogP contribution in [0.5, 0.6) is 0 Å². The van der Waals surface area contributed by atoms with E-state index in [1.54, 1.807) is 25.1 Å². The highest BCUT2D eigenvalue weighted by molar-refractivity contribution is 7.89. The van der Waals surface area contributed by atoms with Gasteiger partial charge in [0.1, 0.15) is 0 Å². The lowest BCUT2D eigenvalue weighted by atomic mass is 10.2. The fourth-order valence-corrected chi connectivity index (χ4v) is 3.28. The Hall–Kier alpha value is -2.51. The highest BCUT2D eigenvalue weighted by atomic mass is 32.2. The highest BCUT2D eigenvalue weighted by Gasteiger charge is 2.22. The smallest absolute Gasteiger partial charge is 0.244 e. The average Bonchev–Trinajstić information content (AvgIpc) is 3.06. The first-order chi connectivity index (χ1) is 11.1. The van der Waals surface area contributed by atoms with Crippen molar-refractivity contribution in [1.29, 1.82) is 0 Å². The SMILES string of the molecule is C[C@H](NS(=O)(=O)c1ccccc1)c1nc(-c2ccccc2)no1. The predicted molar refractivity (Wildman–Crippen MR) is 84.9 cm³/mol. The lowest BCUT2D eigenvalue weighted by Gasteiger charge is -2.10. The molecule has 2 aromatic carbocycles. The van der Waals surface area contributed by atoms with Gasteiger partial charge in [-0.2, -0.15) is 9.71 Å². The third kappa shape index (κ3) is 3.46. The van der Waals surface area contributed by atoms with Gasteiger partial charge in [-0.15, -0.1) is 0 Å². The number of nitrogens with one attached hydrogen (secondary N) is 1. The first-order valence-electron chi connectivity index (χ1n) is 7.03. The molecule has 0 radical (unpaired) electrons. The summed E-state index contributed by atoms with van der Waals surface area (Å²) in [5.74, 6) is 0.634. The molecule has 118 valence electrons. The van der Waals surface area contributed by atoms with Gasteiger partial charge in [0.2, 0.25) is 21.7 Å². The average molecular weight is 329 g/mol. The molecule has 7 heteroatoms. The van der Waals surface area contributed by atoms with E-state index >= 15 is 0 Å². The molecule has 1 aromatic heterocycles. The van der Waals surface area contributed by atoms with E-state index in [2.05, 4.69) is 14.9 Å². The molecule has 0 aliphatic rings. The fraction of sp³-hybridized carbons (Fsp3) is 0.125. The number of benzene rings is 2. The van der Waals surface area contributed by atoms with Crippen molar-refractivity contribution in [3.63, 3.8) is 0 Å². The van der Waals surface area contributed by atoms with Gasteiger partial charge < -0.3 is 4.52 Å². The van der Waals surface area contributed by atoms with Crippen LogP contribution in [0.4, 0.5) is 0 Å². The number of aromatic nitrogens is 2. The normalized spacial score (nSPS) is 12.9. The molecule has 0 aliphatic carbocycles. The Bertz CT molecular complexity index is 877. The first-order valence-corrected chi connectivity index (χ1v) is 8.51. The van der Waals surface area contributed by atoms with Crippen LogP contribution < -0.4 is 4.72 Å². The van der Waals surface area contributed by atoms with Gasteiger partial charge in [0, 0.05) is 5.56 Å². The zero-order valence-corrected chi connectivity index (χ0v) is 13.2. The molecule has 0 amide bonds. The fourth-order valence-electron chi connectivity index (χ4n) is 2.07. The first kappa shape index (κ1) is 15.4. The van der Waals surface area contributed by atoms with Gasteiger partial charge in [-0.25, -0.2) is 8.42 Å². The van der Waals surface area contributed by atoms with E-state index in [1.807, 2.05) is 30.3 Å². The van der Waals surface area contributed by atoms with Crippen LogP contribution in [-0.2, 0) is 10.0 Å². The summed E-state index contributed by atoms with van der Waals surface area (Å²) >= 11 is 0. The molecule has 0 unspecified atom stereocenters. The molecule has 0 saturated carbocycles. The van der Waals surface area contributed by atoms with Crippen molar-refractivity contribution in [3.8, 4) is 11.4 Å². The molecule has 0 aliphatic heterocycles. The number of hydrogen-bond donors (Lipinski definition) is 1. The largest absolute Gasteiger partial charge is 0.337 e. The quantitative estimate of drug-likeness (QED) is 0.778. The van der Waals surface area contributed by atoms with Crippen LogP contribution >= 0.6 is 0 Å². The van der Waals surface area contributed by atoms with Gasteiger partial charge in [0.25, 0.3) is 0 Å². The maximum Gasteiger partial charge on any atom is 0.244 e. The molecule has 0 spiro atoms. The Balaban J connectivity index is 1.79. The van der Waals surface area contributed by atoms with Crippen LogP contribution in [0.1, 0.15) is 18.9 Å². The van der Waals surface area contributed by atoms with Crippen molar-refractivity contribution in [2.45, 2.75) is 17.9 Å². The molecule has 3 rings (SSSR count). The molecule has 0 bridgehead atoms. The summed E-state index contributed by atoms with van der Waals surface area (Å²) < 4.78 is 32.3. The second kappa shape index (κ2) is 6.31. The van der Waals surface area contributed by atoms with Crippen molar-refractivity contribution in [1.82, 2.24) is 14.9 Å². The van der Waals surface area contributed by atoms with Gasteiger partial charge in [-0.05, 0) is 19.1 Å². The topological polar surface area (TPSA) is 85.1 Å². The van der Waals surface area contributed by atoms with Gasteiger partial charge in [0.05, 0.1) is 10.9 Å². The van der Waals surface area contributed by atoms with E-state index in [4.69, 9.17) is 4.52 Å². The van der Waals surface area contributed by atoms with Crippen molar-refractivity contribution in [2.24, 2.45) is 0 Å². The van der Waals surface area contributed by atoms with Gasteiger partial charge in [-0.1, -0.05) is 53.7 Å². The third-order valence-electron chi connectivity index (χ3n) is 3.23. The van der Waals surface area contributed by atoms with E-state index in [0.29, 0.717) is 5.82 Å². The van der Waals surface area contributed by atoms with E-state index < -0.39 is 16.1 Å². The number of rotatable bonds is 5. The lowest BCUT2D eigenvalue weighted by molar-refractivity contribution is 0.354. The summed E-state index contributed by atoms with van der Waals surface area (Å²) in [5.41, 5.74) is 0.806. The van der Waals surface area contributed by atoms with Crippen LogP contribution in [0.25, 0.3) is 11.4 Å². The molecule has 3 aromatic rings. The molecule has 0 fully saturated rings. The third-order valence-corrected chi connectivity index (χ3v) is 4.79. The Morgan fingerprint density at radius 2 is 1.61 bits per heavy atom. The van der Waals surface area contributed by atoms with Crippen LogP contribution in [0.2, 0.25) is 0 Å². The summed E-state index contributed by atoms with van der Waals surface area (Å²) in [4.78, 5) is 4.44. The monoisotopic (exact) mass is 329 g/mol. The highest BCUT2D eigenvalue weighted by Crippen LogP contribution is 2.19. The lowest BCUT2D eigenvalue weighted by Crippen LogP contribution is -2.27. The molecule has 23 heavy (non-hydrogen) atoms. The number of sulfonamides is 1. The molecular weight excluding hydrogens is 314 g/mol. The maximum atomic E-state index is 12.3. The molecule has 1 heterocycles. The summed E-state index contributed by atoms with van der Waals surface area (Å²) in [7, 11) is -3.64. The zero-order valence-electron chi connectivity index (χ0n) is 12.4. The predicted octanol–water partition coefficient (Wildman–Crippen LogP) is 2.78. The summed E-state index contributed by atoms with van der Waals surface area (Å²) in [6, 6.07) is 16.8. The van der Waals surface area contributed by atoms with Crippen molar-refractivity contribution >= 4 is 10.0 Å². The van der Waals surface area contributed by atoms with Crippen molar-refractivity contribution in [3.05, 3.63) is 66.6 Å². The second-order valence-electron chi connectivity index (χ2n) is 4.98. The number of nitrogens with zero attached hydrogens (tertiary/aromatic N) is 2. The Morgan fingerprint density at radius 1 is 1.00 bits per heavy atom. The summed E-state index contributed by atoms with van der Waals surface area (Å²) in [6.45, 7) is 1.66. The van der Waals surface area contributed by atoms with E-state index in [0.717, 1.165) is 5.56 Å².